The van der Waals surface area contributed by atoms with Crippen LogP contribution in [0.1, 0.15) is 0 Å². The molecule has 0 saturated carbocycles. The first kappa shape index (κ1) is 7.97. The molecule has 0 amide bonds. The lowest BCUT2D eigenvalue weighted by Gasteiger charge is -2.08. The Labute approximate surface area is 65.9 Å². The Hall–Kier alpha value is -0.130. The first-order chi connectivity index (χ1) is 4.66. The number of ether oxygens (including phenoxy) is 1. The van der Waals surface area contributed by atoms with E-state index in [9.17, 15) is 4.79 Å². The molecule has 0 bridgehead atoms. The van der Waals surface area contributed by atoms with Crippen molar-refractivity contribution in [3.63, 3.8) is 0 Å². The third-order valence-electron chi connectivity index (χ3n) is 1.37. The van der Waals surface area contributed by atoms with Crippen molar-refractivity contribution in [2.75, 3.05) is 5.33 Å². The van der Waals surface area contributed by atoms with Crippen molar-refractivity contribution in [3.05, 3.63) is 0 Å². The second kappa shape index (κ2) is 2.86. The summed E-state index contributed by atoms with van der Waals surface area (Å²) >= 11 is 3.02. The maximum atomic E-state index is 10.5. The van der Waals surface area contributed by atoms with Gasteiger partial charge >= 0.3 is 5.97 Å². The lowest BCUT2D eigenvalue weighted by atomic mass is 10.2. The molecule has 0 aromatic heterocycles. The number of aliphatic hydroxyl groups is 2. The molecule has 1 saturated heterocycles. The molecule has 4 nitrogen and oxygen atoms in total. The highest BCUT2D eigenvalue weighted by molar-refractivity contribution is 9.09. The van der Waals surface area contributed by atoms with Crippen LogP contribution in [0.25, 0.3) is 0 Å². The summed E-state index contributed by atoms with van der Waals surface area (Å²) in [6.07, 6.45) is -3.07. The van der Waals surface area contributed by atoms with Crippen molar-refractivity contribution in [1.29, 1.82) is 0 Å². The van der Waals surface area contributed by atoms with Crippen LogP contribution in [0.5, 0.6) is 0 Å². The molecule has 0 radical (unpaired) electrons. The minimum atomic E-state index is -1.37. The van der Waals surface area contributed by atoms with Crippen molar-refractivity contribution < 1.29 is 19.7 Å². The second-order valence-electron chi connectivity index (χ2n) is 2.07. The molecule has 0 spiro atoms. The Bertz CT molecular complexity index is 149. The number of carbonyl (C=O) groups excluding carboxylic acids is 1. The summed E-state index contributed by atoms with van der Waals surface area (Å²) < 4.78 is 4.55. The molecule has 58 valence electrons. The smallest absolute Gasteiger partial charge is 0.338 e. The van der Waals surface area contributed by atoms with Gasteiger partial charge in [-0.2, -0.15) is 0 Å². The molecule has 0 aromatic carbocycles. The van der Waals surface area contributed by atoms with Gasteiger partial charge in [0.15, 0.2) is 6.10 Å². The topological polar surface area (TPSA) is 66.8 Å². The number of halogens is 1. The van der Waals surface area contributed by atoms with Gasteiger partial charge in [-0.15, -0.1) is 0 Å². The molecule has 5 heteroatoms. The summed E-state index contributed by atoms with van der Waals surface area (Å²) in [5, 5.41) is 18.2. The van der Waals surface area contributed by atoms with Gasteiger partial charge in [0.1, 0.15) is 12.2 Å². The largest absolute Gasteiger partial charge is 0.457 e. The minimum absolute atomic E-state index is 0.344. The van der Waals surface area contributed by atoms with Gasteiger partial charge in [-0.25, -0.2) is 4.79 Å². The minimum Gasteiger partial charge on any atom is -0.457 e. The molecule has 1 unspecified atom stereocenters. The molecular formula is C5H7BrO4. The molecule has 1 aliphatic heterocycles. The summed E-state index contributed by atoms with van der Waals surface area (Å²) in [5.74, 6) is -0.753. The zero-order valence-corrected chi connectivity index (χ0v) is 6.61. The average Bonchev–Trinajstić information content (AvgIpc) is 2.17. The Morgan fingerprint density at radius 1 is 1.60 bits per heavy atom. The Kier molecular flexibility index (Phi) is 2.28. The molecule has 1 heterocycles. The maximum absolute atomic E-state index is 10.5. The standard InChI is InChI=1S/C5H7BrO4/c6-1-2-3(7)4(8)5(9)10-2/h2-4,7-8H,1H2/t2?,3-,4-/m0/s1. The molecule has 1 rings (SSSR count). The quantitative estimate of drug-likeness (QED) is 0.432. The van der Waals surface area contributed by atoms with Crippen LogP contribution < -0.4 is 0 Å². The maximum Gasteiger partial charge on any atom is 0.338 e. The van der Waals surface area contributed by atoms with E-state index in [4.69, 9.17) is 10.2 Å². The summed E-state index contributed by atoms with van der Waals surface area (Å²) in [4.78, 5) is 10.5. The molecule has 3 atom stereocenters. The van der Waals surface area contributed by atoms with Crippen molar-refractivity contribution in [1.82, 2.24) is 0 Å². The zero-order valence-electron chi connectivity index (χ0n) is 5.03. The van der Waals surface area contributed by atoms with Gasteiger partial charge in [-0.1, -0.05) is 15.9 Å². The lowest BCUT2D eigenvalue weighted by Crippen LogP contribution is -2.31. The number of rotatable bonds is 1. The number of cyclic esters (lactones) is 1. The van der Waals surface area contributed by atoms with Crippen molar-refractivity contribution in [3.8, 4) is 0 Å². The molecule has 10 heavy (non-hydrogen) atoms. The summed E-state index contributed by atoms with van der Waals surface area (Å²) in [6.45, 7) is 0. The summed E-state index contributed by atoms with van der Waals surface area (Å²) in [6, 6.07) is 0. The van der Waals surface area contributed by atoms with E-state index in [1.807, 2.05) is 0 Å². The van der Waals surface area contributed by atoms with Gasteiger partial charge in [0.25, 0.3) is 0 Å². The van der Waals surface area contributed by atoms with Crippen molar-refractivity contribution >= 4 is 21.9 Å². The number of hydrogen-bond acceptors (Lipinski definition) is 4. The third kappa shape index (κ3) is 1.16. The molecule has 1 aliphatic rings. The number of esters is 1. The molecule has 0 aliphatic carbocycles. The summed E-state index contributed by atoms with van der Waals surface area (Å²) in [5.41, 5.74) is 0. The fourth-order valence-corrected chi connectivity index (χ4v) is 1.27. The van der Waals surface area contributed by atoms with Crippen LogP contribution in [0.3, 0.4) is 0 Å². The Morgan fingerprint density at radius 2 is 2.20 bits per heavy atom. The SMILES string of the molecule is O=C1OC(CBr)[C@H](O)[C@@H]1O. The van der Waals surface area contributed by atoms with Gasteiger partial charge in [-0.05, 0) is 0 Å². The first-order valence-electron chi connectivity index (χ1n) is 2.79. The van der Waals surface area contributed by atoms with E-state index < -0.39 is 24.3 Å². The number of aliphatic hydroxyl groups excluding tert-OH is 2. The predicted molar refractivity (Wildman–Crippen MR) is 35.7 cm³/mol. The average molecular weight is 211 g/mol. The van der Waals surface area contributed by atoms with E-state index >= 15 is 0 Å². The monoisotopic (exact) mass is 210 g/mol. The fourth-order valence-electron chi connectivity index (χ4n) is 0.754. The van der Waals surface area contributed by atoms with Crippen LogP contribution in [0.2, 0.25) is 0 Å². The van der Waals surface area contributed by atoms with E-state index in [1.54, 1.807) is 0 Å². The van der Waals surface area contributed by atoms with E-state index in [-0.39, 0.29) is 0 Å². The molecule has 1 fully saturated rings. The highest BCUT2D eigenvalue weighted by atomic mass is 79.9. The molecule has 0 aromatic rings. The zero-order chi connectivity index (χ0) is 7.72. The van der Waals surface area contributed by atoms with Crippen LogP contribution in [0.4, 0.5) is 0 Å². The van der Waals surface area contributed by atoms with E-state index in [0.717, 1.165) is 0 Å². The van der Waals surface area contributed by atoms with Crippen LogP contribution in [0, 0.1) is 0 Å². The van der Waals surface area contributed by atoms with E-state index in [2.05, 4.69) is 20.7 Å². The van der Waals surface area contributed by atoms with Crippen molar-refractivity contribution in [2.24, 2.45) is 0 Å². The molecular weight excluding hydrogens is 204 g/mol. The van der Waals surface area contributed by atoms with Crippen LogP contribution in [-0.4, -0.2) is 39.8 Å². The van der Waals surface area contributed by atoms with Crippen LogP contribution >= 0.6 is 15.9 Å². The highest BCUT2D eigenvalue weighted by Gasteiger charge is 2.41. The second-order valence-corrected chi connectivity index (χ2v) is 2.71. The number of carbonyl (C=O) groups is 1. The van der Waals surface area contributed by atoms with E-state index in [1.165, 1.54) is 0 Å². The first-order valence-corrected chi connectivity index (χ1v) is 3.91. The van der Waals surface area contributed by atoms with Crippen LogP contribution in [0.15, 0.2) is 0 Å². The normalized spacial score (nSPS) is 39.9. The van der Waals surface area contributed by atoms with Crippen molar-refractivity contribution in [2.45, 2.75) is 18.3 Å². The van der Waals surface area contributed by atoms with Gasteiger partial charge in [0.2, 0.25) is 0 Å². The Morgan fingerprint density at radius 3 is 2.40 bits per heavy atom. The van der Waals surface area contributed by atoms with Gasteiger partial charge in [0.05, 0.1) is 0 Å². The Balaban J connectivity index is 2.61. The summed E-state index contributed by atoms with van der Waals surface area (Å²) in [7, 11) is 0. The number of alkyl halides is 1. The lowest BCUT2D eigenvalue weighted by molar-refractivity contribution is -0.146. The van der Waals surface area contributed by atoms with E-state index in [0.29, 0.717) is 5.33 Å². The fraction of sp³-hybridized carbons (Fsp3) is 0.800. The highest BCUT2D eigenvalue weighted by Crippen LogP contribution is 2.16. The molecule has 2 N–H and O–H groups in total. The van der Waals surface area contributed by atoms with Gasteiger partial charge < -0.3 is 14.9 Å². The van der Waals surface area contributed by atoms with Gasteiger partial charge in [-0.3, -0.25) is 0 Å². The van der Waals surface area contributed by atoms with Crippen LogP contribution in [-0.2, 0) is 9.53 Å². The predicted octanol–water partition coefficient (Wildman–Crippen LogP) is -0.972. The van der Waals surface area contributed by atoms with Gasteiger partial charge in [0, 0.05) is 5.33 Å². The number of hydrogen-bond donors (Lipinski definition) is 2. The third-order valence-corrected chi connectivity index (χ3v) is 2.00.